The van der Waals surface area contributed by atoms with Crippen molar-refractivity contribution < 1.29 is 4.79 Å². The van der Waals surface area contributed by atoms with Crippen molar-refractivity contribution in [3.05, 3.63) is 35.4 Å². The first-order valence-electron chi connectivity index (χ1n) is 6.39. The van der Waals surface area contributed by atoms with Crippen molar-refractivity contribution in [1.82, 2.24) is 20.1 Å². The van der Waals surface area contributed by atoms with Gasteiger partial charge >= 0.3 is 0 Å². The van der Waals surface area contributed by atoms with Gasteiger partial charge in [-0.2, -0.15) is 5.10 Å². The molecule has 0 aliphatic heterocycles. The Morgan fingerprint density at radius 2 is 2.42 bits per heavy atom. The van der Waals surface area contributed by atoms with Gasteiger partial charge in [-0.05, 0) is 25.8 Å². The van der Waals surface area contributed by atoms with Crippen molar-refractivity contribution in [3.8, 4) is 0 Å². The molecule has 100 valence electrons. The van der Waals surface area contributed by atoms with Gasteiger partial charge in [-0.15, -0.1) is 0 Å². The van der Waals surface area contributed by atoms with Crippen LogP contribution in [0.4, 0.5) is 5.69 Å². The standard InChI is InChI=1S/C13H17N5O/c1-8-9(6-16-17-8)5-15-13(19)12-4-10(14)7-18(12)11-2-3-11/h4,6-7,11H,2-3,5,14H2,1H3,(H,15,19)(H,16,17). The van der Waals surface area contributed by atoms with Crippen molar-refractivity contribution in [2.75, 3.05) is 5.73 Å². The molecule has 0 atom stereocenters. The van der Waals surface area contributed by atoms with Crippen LogP contribution in [-0.2, 0) is 6.54 Å². The van der Waals surface area contributed by atoms with Crippen molar-refractivity contribution in [2.24, 2.45) is 0 Å². The predicted molar refractivity (Wildman–Crippen MR) is 71.6 cm³/mol. The number of aromatic amines is 1. The number of nitrogens with zero attached hydrogens (tertiary/aromatic N) is 2. The van der Waals surface area contributed by atoms with Gasteiger partial charge in [0.2, 0.25) is 0 Å². The van der Waals surface area contributed by atoms with E-state index in [-0.39, 0.29) is 5.91 Å². The fourth-order valence-electron chi connectivity index (χ4n) is 2.16. The lowest BCUT2D eigenvalue weighted by Gasteiger charge is -2.08. The summed E-state index contributed by atoms with van der Waals surface area (Å²) in [7, 11) is 0. The first-order chi connectivity index (χ1) is 9.15. The van der Waals surface area contributed by atoms with Gasteiger partial charge in [-0.1, -0.05) is 0 Å². The highest BCUT2D eigenvalue weighted by Crippen LogP contribution is 2.37. The predicted octanol–water partition coefficient (Wildman–Crippen LogP) is 1.37. The molecule has 0 spiro atoms. The molecule has 0 bridgehead atoms. The molecule has 2 aromatic rings. The number of nitrogens with one attached hydrogen (secondary N) is 2. The Morgan fingerprint density at radius 3 is 3.05 bits per heavy atom. The Morgan fingerprint density at radius 1 is 1.63 bits per heavy atom. The number of H-pyrrole nitrogens is 1. The minimum Gasteiger partial charge on any atom is -0.397 e. The zero-order valence-corrected chi connectivity index (χ0v) is 10.8. The molecule has 6 heteroatoms. The molecule has 1 aliphatic carbocycles. The van der Waals surface area contributed by atoms with Crippen LogP contribution in [0.2, 0.25) is 0 Å². The van der Waals surface area contributed by atoms with Gasteiger partial charge in [0.15, 0.2) is 0 Å². The van der Waals surface area contributed by atoms with Gasteiger partial charge in [0.1, 0.15) is 5.69 Å². The Kier molecular flexibility index (Phi) is 2.77. The second kappa shape index (κ2) is 4.46. The first-order valence-corrected chi connectivity index (χ1v) is 6.39. The molecule has 1 amide bonds. The van der Waals surface area contributed by atoms with E-state index < -0.39 is 0 Å². The topological polar surface area (TPSA) is 88.7 Å². The average molecular weight is 259 g/mol. The molecule has 3 rings (SSSR count). The molecule has 2 heterocycles. The van der Waals surface area contributed by atoms with Crippen LogP contribution in [0.15, 0.2) is 18.5 Å². The molecule has 0 radical (unpaired) electrons. The lowest BCUT2D eigenvalue weighted by Crippen LogP contribution is -2.25. The second-order valence-electron chi connectivity index (χ2n) is 5.00. The minimum absolute atomic E-state index is 0.0933. The summed E-state index contributed by atoms with van der Waals surface area (Å²) in [5, 5.41) is 9.68. The Hall–Kier alpha value is -2.24. The summed E-state index contributed by atoms with van der Waals surface area (Å²) in [5.74, 6) is -0.0933. The summed E-state index contributed by atoms with van der Waals surface area (Å²) in [5.41, 5.74) is 9.02. The maximum Gasteiger partial charge on any atom is 0.268 e. The number of nitrogen functional groups attached to an aromatic ring is 1. The number of carbonyl (C=O) groups is 1. The molecular weight excluding hydrogens is 242 g/mol. The van der Waals surface area contributed by atoms with E-state index in [0.29, 0.717) is 24.0 Å². The van der Waals surface area contributed by atoms with E-state index in [9.17, 15) is 4.79 Å². The molecule has 19 heavy (non-hydrogen) atoms. The summed E-state index contributed by atoms with van der Waals surface area (Å²) < 4.78 is 1.98. The number of carbonyl (C=O) groups excluding carboxylic acids is 1. The van der Waals surface area contributed by atoms with Gasteiger partial charge in [-0.3, -0.25) is 9.89 Å². The van der Waals surface area contributed by atoms with E-state index in [1.54, 1.807) is 12.3 Å². The highest BCUT2D eigenvalue weighted by molar-refractivity contribution is 5.93. The number of aromatic nitrogens is 3. The van der Waals surface area contributed by atoms with Gasteiger partial charge in [0.25, 0.3) is 5.91 Å². The normalized spacial score (nSPS) is 14.6. The van der Waals surface area contributed by atoms with Gasteiger partial charge in [0, 0.05) is 30.0 Å². The molecule has 0 unspecified atom stereocenters. The monoisotopic (exact) mass is 259 g/mol. The third-order valence-electron chi connectivity index (χ3n) is 3.42. The van der Waals surface area contributed by atoms with Gasteiger partial charge in [0.05, 0.1) is 11.9 Å². The van der Waals surface area contributed by atoms with Crippen LogP contribution >= 0.6 is 0 Å². The molecule has 1 aliphatic rings. The molecule has 4 N–H and O–H groups in total. The van der Waals surface area contributed by atoms with Crippen LogP contribution in [0.3, 0.4) is 0 Å². The molecular formula is C13H17N5O. The largest absolute Gasteiger partial charge is 0.397 e. The molecule has 1 saturated carbocycles. The number of hydrogen-bond donors (Lipinski definition) is 3. The van der Waals surface area contributed by atoms with E-state index in [0.717, 1.165) is 24.1 Å². The lowest BCUT2D eigenvalue weighted by atomic mass is 10.2. The summed E-state index contributed by atoms with van der Waals surface area (Å²) >= 11 is 0. The fourth-order valence-corrected chi connectivity index (χ4v) is 2.16. The zero-order valence-electron chi connectivity index (χ0n) is 10.8. The van der Waals surface area contributed by atoms with E-state index in [4.69, 9.17) is 5.73 Å². The molecule has 0 aromatic carbocycles. The number of anilines is 1. The number of rotatable bonds is 4. The van der Waals surface area contributed by atoms with Gasteiger partial charge < -0.3 is 15.6 Å². The highest BCUT2D eigenvalue weighted by atomic mass is 16.1. The lowest BCUT2D eigenvalue weighted by molar-refractivity contribution is 0.0941. The Labute approximate surface area is 111 Å². The maximum absolute atomic E-state index is 12.2. The van der Waals surface area contributed by atoms with E-state index in [1.807, 2.05) is 17.7 Å². The number of aryl methyl sites for hydroxylation is 1. The maximum atomic E-state index is 12.2. The third-order valence-corrected chi connectivity index (χ3v) is 3.42. The van der Waals surface area contributed by atoms with Crippen molar-refractivity contribution >= 4 is 11.6 Å². The first kappa shape index (κ1) is 11.8. The van der Waals surface area contributed by atoms with E-state index in [1.165, 1.54) is 0 Å². The summed E-state index contributed by atoms with van der Waals surface area (Å²) in [6.45, 7) is 2.40. The Balaban J connectivity index is 1.72. The smallest absolute Gasteiger partial charge is 0.268 e. The van der Waals surface area contributed by atoms with E-state index >= 15 is 0 Å². The van der Waals surface area contributed by atoms with Gasteiger partial charge in [-0.25, -0.2) is 0 Å². The van der Waals surface area contributed by atoms with Crippen LogP contribution in [-0.4, -0.2) is 20.7 Å². The number of hydrogen-bond acceptors (Lipinski definition) is 3. The second-order valence-corrected chi connectivity index (χ2v) is 5.00. The Bertz CT molecular complexity index is 608. The zero-order chi connectivity index (χ0) is 13.4. The number of amides is 1. The highest BCUT2D eigenvalue weighted by Gasteiger charge is 2.27. The van der Waals surface area contributed by atoms with Crippen molar-refractivity contribution in [1.29, 1.82) is 0 Å². The molecule has 2 aromatic heterocycles. The SMILES string of the molecule is Cc1[nH]ncc1CNC(=O)c1cc(N)cn1C1CC1. The van der Waals surface area contributed by atoms with Crippen LogP contribution in [0, 0.1) is 6.92 Å². The van der Waals surface area contributed by atoms with Crippen molar-refractivity contribution in [3.63, 3.8) is 0 Å². The van der Waals surface area contributed by atoms with Crippen LogP contribution < -0.4 is 11.1 Å². The van der Waals surface area contributed by atoms with Crippen LogP contribution in [0.25, 0.3) is 0 Å². The summed E-state index contributed by atoms with van der Waals surface area (Å²) in [4.78, 5) is 12.2. The molecule has 6 nitrogen and oxygen atoms in total. The van der Waals surface area contributed by atoms with Crippen LogP contribution in [0.1, 0.15) is 40.6 Å². The van der Waals surface area contributed by atoms with Crippen molar-refractivity contribution in [2.45, 2.75) is 32.4 Å². The summed E-state index contributed by atoms with van der Waals surface area (Å²) in [6.07, 6.45) is 5.81. The quantitative estimate of drug-likeness (QED) is 0.774. The minimum atomic E-state index is -0.0933. The third kappa shape index (κ3) is 2.33. The number of nitrogens with two attached hydrogens (primary N) is 1. The fraction of sp³-hybridized carbons (Fsp3) is 0.385. The molecule has 0 saturated heterocycles. The molecule has 1 fully saturated rings. The van der Waals surface area contributed by atoms with Crippen LogP contribution in [0.5, 0.6) is 0 Å². The summed E-state index contributed by atoms with van der Waals surface area (Å²) in [6, 6.07) is 2.17. The van der Waals surface area contributed by atoms with E-state index in [2.05, 4.69) is 15.5 Å². The average Bonchev–Trinajstić information content (AvgIpc) is 3.04.